The van der Waals surface area contributed by atoms with Gasteiger partial charge in [0.15, 0.2) is 0 Å². The van der Waals surface area contributed by atoms with E-state index in [0.29, 0.717) is 43.9 Å². The van der Waals surface area contributed by atoms with Gasteiger partial charge < -0.3 is 14.8 Å². The molecular formula is C25H19Br2FN2O3. The van der Waals surface area contributed by atoms with Gasteiger partial charge in [0.05, 0.1) is 11.1 Å². The van der Waals surface area contributed by atoms with E-state index in [1.807, 2.05) is 13.0 Å². The lowest BCUT2D eigenvalue weighted by molar-refractivity contribution is -0.112. The fourth-order valence-corrected chi connectivity index (χ4v) is 4.28. The highest BCUT2D eigenvalue weighted by molar-refractivity contribution is 9.11. The first-order valence-corrected chi connectivity index (χ1v) is 11.5. The number of anilines is 1. The van der Waals surface area contributed by atoms with Gasteiger partial charge in [0.25, 0.3) is 5.91 Å². The van der Waals surface area contributed by atoms with E-state index in [0.717, 1.165) is 0 Å². The van der Waals surface area contributed by atoms with Crippen molar-refractivity contribution in [2.45, 2.75) is 13.5 Å². The Morgan fingerprint density at radius 2 is 1.85 bits per heavy atom. The van der Waals surface area contributed by atoms with Gasteiger partial charge >= 0.3 is 0 Å². The second kappa shape index (κ2) is 11.6. The maximum atomic E-state index is 14.0. The first-order valence-electron chi connectivity index (χ1n) is 9.92. The van der Waals surface area contributed by atoms with Crippen molar-refractivity contribution in [1.82, 2.24) is 0 Å². The molecule has 0 spiro atoms. The number of halogens is 3. The third kappa shape index (κ3) is 6.67. The van der Waals surface area contributed by atoms with E-state index in [9.17, 15) is 14.4 Å². The summed E-state index contributed by atoms with van der Waals surface area (Å²) in [5.41, 5.74) is 1.27. The lowest BCUT2D eigenvalue weighted by atomic mass is 10.1. The standard InChI is InChI=1S/C25H19Br2FN2O3/c1-2-32-21-9-7-20(8-10-21)30-25(31)18(14-29)11-17-12-19(26)13-22(27)24(17)33-15-16-5-3-4-6-23(16)28/h3-13H,2,15H2,1H3,(H,30,31)/b18-11+. The van der Waals surface area contributed by atoms with Crippen LogP contribution in [0.25, 0.3) is 6.08 Å². The molecule has 3 rings (SSSR count). The SMILES string of the molecule is CCOc1ccc(NC(=O)/C(C#N)=C/c2cc(Br)cc(Br)c2OCc2ccccc2F)cc1. The van der Waals surface area contributed by atoms with Crippen molar-refractivity contribution < 1.29 is 18.7 Å². The summed E-state index contributed by atoms with van der Waals surface area (Å²) in [6.07, 6.45) is 1.43. The van der Waals surface area contributed by atoms with Crippen molar-refractivity contribution in [3.05, 3.63) is 92.1 Å². The molecule has 0 saturated heterocycles. The smallest absolute Gasteiger partial charge is 0.266 e. The van der Waals surface area contributed by atoms with E-state index < -0.39 is 5.91 Å². The van der Waals surface area contributed by atoms with Crippen LogP contribution in [0.15, 0.2) is 75.2 Å². The molecule has 0 atom stereocenters. The highest BCUT2D eigenvalue weighted by Gasteiger charge is 2.15. The van der Waals surface area contributed by atoms with E-state index in [2.05, 4.69) is 37.2 Å². The molecule has 8 heteroatoms. The maximum absolute atomic E-state index is 14.0. The van der Waals surface area contributed by atoms with Crippen LogP contribution in [0, 0.1) is 17.1 Å². The van der Waals surface area contributed by atoms with Crippen LogP contribution in [0.4, 0.5) is 10.1 Å². The summed E-state index contributed by atoms with van der Waals surface area (Å²) in [4.78, 5) is 12.7. The Hall–Kier alpha value is -3.15. The van der Waals surface area contributed by atoms with Crippen molar-refractivity contribution in [2.24, 2.45) is 0 Å². The topological polar surface area (TPSA) is 71.3 Å². The monoisotopic (exact) mass is 572 g/mol. The van der Waals surface area contributed by atoms with Crippen LogP contribution in [0.1, 0.15) is 18.1 Å². The van der Waals surface area contributed by atoms with Gasteiger partial charge in [0.2, 0.25) is 0 Å². The van der Waals surface area contributed by atoms with Crippen LogP contribution in [-0.4, -0.2) is 12.5 Å². The first-order chi connectivity index (χ1) is 15.9. The molecule has 0 aliphatic heterocycles. The second-order valence-corrected chi connectivity index (χ2v) is 8.54. The molecule has 0 bridgehead atoms. The van der Waals surface area contributed by atoms with Gasteiger partial charge in [-0.15, -0.1) is 0 Å². The van der Waals surface area contributed by atoms with E-state index in [1.54, 1.807) is 54.6 Å². The molecule has 0 heterocycles. The Morgan fingerprint density at radius 3 is 2.52 bits per heavy atom. The minimum Gasteiger partial charge on any atom is -0.494 e. The number of amides is 1. The largest absolute Gasteiger partial charge is 0.494 e. The lowest BCUT2D eigenvalue weighted by Gasteiger charge is -2.13. The minimum absolute atomic E-state index is 0.0198. The summed E-state index contributed by atoms with van der Waals surface area (Å²) < 4.78 is 26.5. The summed E-state index contributed by atoms with van der Waals surface area (Å²) in [6.45, 7) is 2.40. The second-order valence-electron chi connectivity index (χ2n) is 6.77. The average Bonchev–Trinajstić information content (AvgIpc) is 2.79. The van der Waals surface area contributed by atoms with E-state index in [-0.39, 0.29) is 18.0 Å². The predicted octanol–water partition coefficient (Wildman–Crippen LogP) is 6.87. The molecule has 1 N–H and O–H groups in total. The number of hydrogen-bond acceptors (Lipinski definition) is 4. The molecule has 0 fully saturated rings. The van der Waals surface area contributed by atoms with Crippen molar-refractivity contribution in [2.75, 3.05) is 11.9 Å². The van der Waals surface area contributed by atoms with Gasteiger partial charge in [0, 0.05) is 21.3 Å². The number of nitrogens with zero attached hydrogens (tertiary/aromatic N) is 1. The molecule has 5 nitrogen and oxygen atoms in total. The molecule has 168 valence electrons. The van der Waals surface area contributed by atoms with Crippen LogP contribution in [0.3, 0.4) is 0 Å². The zero-order valence-electron chi connectivity index (χ0n) is 17.6. The highest BCUT2D eigenvalue weighted by Crippen LogP contribution is 2.35. The number of nitrogens with one attached hydrogen (secondary N) is 1. The Balaban J connectivity index is 1.85. The van der Waals surface area contributed by atoms with Crippen LogP contribution >= 0.6 is 31.9 Å². The molecule has 3 aromatic carbocycles. The van der Waals surface area contributed by atoms with E-state index in [4.69, 9.17) is 9.47 Å². The van der Waals surface area contributed by atoms with Gasteiger partial charge in [-0.3, -0.25) is 4.79 Å². The van der Waals surface area contributed by atoms with Crippen LogP contribution in [0.5, 0.6) is 11.5 Å². The van der Waals surface area contributed by atoms with Crippen molar-refractivity contribution >= 4 is 49.5 Å². The molecule has 0 radical (unpaired) electrons. The van der Waals surface area contributed by atoms with Gasteiger partial charge in [-0.1, -0.05) is 34.1 Å². The summed E-state index contributed by atoms with van der Waals surface area (Å²) in [5, 5.41) is 12.3. The van der Waals surface area contributed by atoms with E-state index >= 15 is 0 Å². The fraction of sp³-hybridized carbons (Fsp3) is 0.120. The summed E-state index contributed by atoms with van der Waals surface area (Å²) in [5.74, 6) is 0.110. The summed E-state index contributed by atoms with van der Waals surface area (Å²) >= 11 is 6.85. The Morgan fingerprint density at radius 1 is 1.12 bits per heavy atom. The van der Waals surface area contributed by atoms with Crippen molar-refractivity contribution in [1.29, 1.82) is 5.26 Å². The number of benzene rings is 3. The minimum atomic E-state index is -0.571. The van der Waals surface area contributed by atoms with E-state index in [1.165, 1.54) is 12.1 Å². The molecule has 3 aromatic rings. The maximum Gasteiger partial charge on any atom is 0.266 e. The Bertz CT molecular complexity index is 1220. The number of hydrogen-bond donors (Lipinski definition) is 1. The Kier molecular flexibility index (Phi) is 8.64. The summed E-state index contributed by atoms with van der Waals surface area (Å²) in [6, 6.07) is 18.6. The number of rotatable bonds is 8. The summed E-state index contributed by atoms with van der Waals surface area (Å²) in [7, 11) is 0. The van der Waals surface area contributed by atoms with Gasteiger partial charge in [-0.2, -0.15) is 5.26 Å². The molecular weight excluding hydrogens is 555 g/mol. The molecule has 0 saturated carbocycles. The molecule has 0 unspecified atom stereocenters. The lowest BCUT2D eigenvalue weighted by Crippen LogP contribution is -2.13. The van der Waals surface area contributed by atoms with Crippen molar-refractivity contribution in [3.63, 3.8) is 0 Å². The average molecular weight is 574 g/mol. The number of carbonyl (C=O) groups is 1. The molecule has 33 heavy (non-hydrogen) atoms. The van der Waals surface area contributed by atoms with Crippen LogP contribution < -0.4 is 14.8 Å². The third-order valence-corrected chi connectivity index (χ3v) is 5.50. The van der Waals surface area contributed by atoms with Crippen LogP contribution in [-0.2, 0) is 11.4 Å². The first kappa shape index (κ1) is 24.5. The van der Waals surface area contributed by atoms with Gasteiger partial charge in [-0.25, -0.2) is 4.39 Å². The number of ether oxygens (including phenoxy) is 2. The normalized spacial score (nSPS) is 10.9. The van der Waals surface area contributed by atoms with Crippen molar-refractivity contribution in [3.8, 4) is 17.6 Å². The zero-order valence-corrected chi connectivity index (χ0v) is 20.7. The highest BCUT2D eigenvalue weighted by atomic mass is 79.9. The van der Waals surface area contributed by atoms with Gasteiger partial charge in [0.1, 0.15) is 35.6 Å². The Labute approximate surface area is 208 Å². The molecule has 0 aromatic heterocycles. The zero-order chi connectivity index (χ0) is 23.8. The number of nitriles is 1. The number of carbonyl (C=O) groups excluding carboxylic acids is 1. The fourth-order valence-electron chi connectivity index (χ4n) is 2.91. The third-order valence-electron chi connectivity index (χ3n) is 4.46. The van der Waals surface area contributed by atoms with Crippen LogP contribution in [0.2, 0.25) is 0 Å². The quantitative estimate of drug-likeness (QED) is 0.236. The molecule has 1 amide bonds. The molecule has 0 aliphatic carbocycles. The molecule has 0 aliphatic rings. The predicted molar refractivity (Wildman–Crippen MR) is 132 cm³/mol. The van der Waals surface area contributed by atoms with Gasteiger partial charge in [-0.05, 0) is 71.4 Å².